The second kappa shape index (κ2) is 12.4. The maximum atomic E-state index is 11.5. The van der Waals surface area contributed by atoms with Crippen LogP contribution in [0.15, 0.2) is 29.5 Å². The van der Waals surface area contributed by atoms with E-state index in [4.69, 9.17) is 4.74 Å². The Hall–Kier alpha value is -2.20. The van der Waals surface area contributed by atoms with Gasteiger partial charge in [0.15, 0.2) is 25.5 Å². The Balaban J connectivity index is 2.00. The summed E-state index contributed by atoms with van der Waals surface area (Å²) in [6.45, 7) is 4.26. The summed E-state index contributed by atoms with van der Waals surface area (Å²) in [6, 6.07) is 4.14. The number of hydrogen-bond donors (Lipinski definition) is 1. The first-order valence-corrected chi connectivity index (χ1v) is 8.18. The molecule has 126 valence electrons. The number of ether oxygens (including phenoxy) is 1. The molecule has 0 aliphatic heterocycles. The fraction of sp³-hybridized carbons (Fsp3) is 0.588. The number of rotatable bonds is 11. The normalized spacial score (nSPS) is 9.96. The number of amides is 1. The van der Waals surface area contributed by atoms with Crippen LogP contribution in [0.5, 0.6) is 0 Å². The Bertz CT molecular complexity index is 496. The van der Waals surface area contributed by atoms with Crippen LogP contribution in [-0.4, -0.2) is 31.9 Å². The summed E-state index contributed by atoms with van der Waals surface area (Å²) in [4.78, 5) is 24.9. The molecule has 6 heteroatoms. The highest BCUT2D eigenvalue weighted by Crippen LogP contribution is 1.99. The van der Waals surface area contributed by atoms with Gasteiger partial charge in [0.25, 0.3) is 0 Å². The van der Waals surface area contributed by atoms with Crippen molar-refractivity contribution < 1.29 is 18.9 Å². The first kappa shape index (κ1) is 18.8. The summed E-state index contributed by atoms with van der Waals surface area (Å²) >= 11 is 0. The van der Waals surface area contributed by atoms with Crippen LogP contribution < -0.4 is 9.88 Å². The quantitative estimate of drug-likeness (QED) is 0.294. The van der Waals surface area contributed by atoms with E-state index in [1.807, 2.05) is 17.0 Å². The van der Waals surface area contributed by atoms with E-state index in [9.17, 15) is 9.59 Å². The molecule has 1 N–H and O–H groups in total. The van der Waals surface area contributed by atoms with Crippen LogP contribution in [0.1, 0.15) is 38.2 Å². The number of unbranched alkanes of at least 4 members (excludes halogenated alkanes) is 3. The number of nitrogens with zero attached hydrogens (tertiary/aromatic N) is 2. The molecule has 0 aliphatic carbocycles. The molecule has 1 aromatic heterocycles. The van der Waals surface area contributed by atoms with Crippen LogP contribution in [0.25, 0.3) is 0 Å². The second-order valence-electron chi connectivity index (χ2n) is 5.25. The summed E-state index contributed by atoms with van der Waals surface area (Å²) < 4.78 is 7.13. The minimum Gasteiger partial charge on any atom is -0.443 e. The number of carbonyl (C=O) groups is 1. The summed E-state index contributed by atoms with van der Waals surface area (Å²) in [7, 11) is 0. The van der Waals surface area contributed by atoms with Crippen molar-refractivity contribution in [3.63, 3.8) is 0 Å². The third-order valence-corrected chi connectivity index (χ3v) is 3.48. The molecule has 1 aromatic rings. The number of aryl methyl sites for hydroxylation is 1. The van der Waals surface area contributed by atoms with E-state index in [1.165, 1.54) is 11.6 Å². The van der Waals surface area contributed by atoms with E-state index >= 15 is 0 Å². The van der Waals surface area contributed by atoms with Crippen LogP contribution in [0.2, 0.25) is 0 Å². The summed E-state index contributed by atoms with van der Waals surface area (Å²) in [5.41, 5.74) is 1.29. The van der Waals surface area contributed by atoms with Crippen LogP contribution >= 0.6 is 0 Å². The Labute approximate surface area is 137 Å². The Morgan fingerprint density at radius 3 is 2.70 bits per heavy atom. The van der Waals surface area contributed by atoms with E-state index in [0.29, 0.717) is 26.2 Å². The summed E-state index contributed by atoms with van der Waals surface area (Å²) in [6.07, 6.45) is 9.92. The van der Waals surface area contributed by atoms with Gasteiger partial charge in [0, 0.05) is 18.7 Å². The van der Waals surface area contributed by atoms with Crippen molar-refractivity contribution in [1.82, 2.24) is 5.32 Å². The zero-order valence-corrected chi connectivity index (χ0v) is 13.8. The molecular formula is C17H26N3O3+. The van der Waals surface area contributed by atoms with Crippen LogP contribution in [0, 0.1) is 0 Å². The summed E-state index contributed by atoms with van der Waals surface area (Å²) in [5, 5.41) is 2.73. The molecule has 0 radical (unpaired) electrons. The number of isocyanates is 1. The molecule has 0 saturated heterocycles. The van der Waals surface area contributed by atoms with Gasteiger partial charge in [0.1, 0.15) is 0 Å². The van der Waals surface area contributed by atoms with Gasteiger partial charge in [-0.05, 0) is 24.8 Å². The molecule has 0 aromatic carbocycles. The van der Waals surface area contributed by atoms with E-state index in [1.54, 1.807) is 0 Å². The average Bonchev–Trinajstić information content (AvgIpc) is 2.58. The zero-order chi connectivity index (χ0) is 16.8. The highest BCUT2D eigenvalue weighted by Gasteiger charge is 2.04. The van der Waals surface area contributed by atoms with Gasteiger partial charge in [-0.15, -0.1) is 0 Å². The van der Waals surface area contributed by atoms with Crippen molar-refractivity contribution in [2.75, 3.05) is 19.7 Å². The highest BCUT2D eigenvalue weighted by molar-refractivity contribution is 5.66. The van der Waals surface area contributed by atoms with Crippen LogP contribution in [0.4, 0.5) is 4.79 Å². The molecular weight excluding hydrogens is 294 g/mol. The molecule has 0 atom stereocenters. The molecule has 6 nitrogen and oxygen atoms in total. The first-order chi connectivity index (χ1) is 11.3. The molecule has 1 heterocycles. The lowest BCUT2D eigenvalue weighted by atomic mass is 10.2. The molecule has 1 amide bonds. The summed E-state index contributed by atoms with van der Waals surface area (Å²) in [5.74, 6) is 0. The lowest BCUT2D eigenvalue weighted by Crippen LogP contribution is -2.37. The van der Waals surface area contributed by atoms with E-state index in [-0.39, 0.29) is 6.09 Å². The lowest BCUT2D eigenvalue weighted by molar-refractivity contribution is -0.697. The molecule has 1 rings (SSSR count). The number of aromatic nitrogens is 1. The van der Waals surface area contributed by atoms with Crippen molar-refractivity contribution >= 4 is 12.2 Å². The standard InChI is InChI=1S/C17H25N3O3/c1-2-16-7-11-20(12-8-16)13-14-23-17(22)19-10-6-4-3-5-9-18-15-21/h7-8,11-12H,2-6,9-10,13-14H2,1H3/p+1. The minimum absolute atomic E-state index is 0.353. The number of pyridine rings is 1. The number of nitrogens with one attached hydrogen (secondary N) is 1. The Kier molecular flexibility index (Phi) is 10.1. The van der Waals surface area contributed by atoms with Gasteiger partial charge >= 0.3 is 6.09 Å². The monoisotopic (exact) mass is 320 g/mol. The minimum atomic E-state index is -0.374. The molecule has 0 saturated carbocycles. The van der Waals surface area contributed by atoms with Crippen LogP contribution in [0.3, 0.4) is 0 Å². The largest absolute Gasteiger partial charge is 0.443 e. The van der Waals surface area contributed by atoms with E-state index in [2.05, 4.69) is 29.4 Å². The highest BCUT2D eigenvalue weighted by atomic mass is 16.5. The molecule has 0 unspecified atom stereocenters. The Morgan fingerprint density at radius 1 is 1.26 bits per heavy atom. The van der Waals surface area contributed by atoms with Gasteiger partial charge in [-0.1, -0.05) is 19.8 Å². The third-order valence-electron chi connectivity index (χ3n) is 3.48. The van der Waals surface area contributed by atoms with Gasteiger partial charge < -0.3 is 10.1 Å². The van der Waals surface area contributed by atoms with Gasteiger partial charge in [-0.3, -0.25) is 0 Å². The van der Waals surface area contributed by atoms with Crippen molar-refractivity contribution in [3.8, 4) is 0 Å². The van der Waals surface area contributed by atoms with Crippen molar-refractivity contribution in [3.05, 3.63) is 30.1 Å². The predicted octanol–water partition coefficient (Wildman–Crippen LogP) is 2.16. The van der Waals surface area contributed by atoms with Gasteiger partial charge in [-0.25, -0.2) is 19.1 Å². The van der Waals surface area contributed by atoms with Crippen molar-refractivity contribution in [1.29, 1.82) is 0 Å². The maximum Gasteiger partial charge on any atom is 0.407 e. The van der Waals surface area contributed by atoms with Gasteiger partial charge in [0.2, 0.25) is 6.08 Å². The smallest absolute Gasteiger partial charge is 0.407 e. The molecule has 0 bridgehead atoms. The molecule has 0 fully saturated rings. The van der Waals surface area contributed by atoms with Gasteiger partial charge in [-0.2, -0.15) is 0 Å². The Morgan fingerprint density at radius 2 is 2.00 bits per heavy atom. The van der Waals surface area contributed by atoms with E-state index < -0.39 is 0 Å². The maximum absolute atomic E-state index is 11.5. The number of aliphatic imine (C=N–C) groups is 1. The van der Waals surface area contributed by atoms with E-state index in [0.717, 1.165) is 32.1 Å². The molecule has 23 heavy (non-hydrogen) atoms. The van der Waals surface area contributed by atoms with Crippen molar-refractivity contribution in [2.45, 2.75) is 45.6 Å². The first-order valence-electron chi connectivity index (χ1n) is 8.18. The molecule has 0 aliphatic rings. The van der Waals surface area contributed by atoms with Gasteiger partial charge in [0.05, 0.1) is 6.54 Å². The van der Waals surface area contributed by atoms with Crippen LogP contribution in [-0.2, 0) is 22.5 Å². The number of hydrogen-bond acceptors (Lipinski definition) is 4. The topological polar surface area (TPSA) is 71.6 Å². The lowest BCUT2D eigenvalue weighted by Gasteiger charge is -2.05. The average molecular weight is 320 g/mol. The number of carbonyl (C=O) groups excluding carboxylic acids is 2. The van der Waals surface area contributed by atoms with Crippen molar-refractivity contribution in [2.24, 2.45) is 4.99 Å². The SMILES string of the molecule is CCc1cc[n+](CCOC(=O)NCCCCCCN=C=O)cc1. The fourth-order valence-corrected chi connectivity index (χ4v) is 2.07. The second-order valence-corrected chi connectivity index (χ2v) is 5.25. The number of alkyl carbamates (subject to hydrolysis) is 1. The fourth-order valence-electron chi connectivity index (χ4n) is 2.07. The zero-order valence-electron chi connectivity index (χ0n) is 13.8. The predicted molar refractivity (Wildman–Crippen MR) is 86.8 cm³/mol. The molecule has 0 spiro atoms. The third kappa shape index (κ3) is 9.42.